The highest BCUT2D eigenvalue weighted by Gasteiger charge is 2.27. The summed E-state index contributed by atoms with van der Waals surface area (Å²) in [6, 6.07) is 5.54. The predicted molar refractivity (Wildman–Crippen MR) is 101 cm³/mol. The molecule has 1 aliphatic rings. The number of hydrogen-bond donors (Lipinski definition) is 2. The SMILES string of the molecule is Cc1c(CNC(=O)N2CCC(C(=O)NCc3ccccn3)CC2)cnn1C. The van der Waals surface area contributed by atoms with E-state index >= 15 is 0 Å². The molecule has 8 heteroatoms. The van der Waals surface area contributed by atoms with Crippen molar-refractivity contribution in [2.24, 2.45) is 13.0 Å². The molecule has 27 heavy (non-hydrogen) atoms. The lowest BCUT2D eigenvalue weighted by Gasteiger charge is -2.31. The van der Waals surface area contributed by atoms with Crippen LogP contribution in [-0.2, 0) is 24.9 Å². The van der Waals surface area contributed by atoms with Gasteiger partial charge in [-0.15, -0.1) is 0 Å². The van der Waals surface area contributed by atoms with E-state index in [0.29, 0.717) is 39.0 Å². The van der Waals surface area contributed by atoms with Crippen molar-refractivity contribution in [3.63, 3.8) is 0 Å². The molecule has 0 aliphatic carbocycles. The number of hydrogen-bond acceptors (Lipinski definition) is 4. The van der Waals surface area contributed by atoms with E-state index in [-0.39, 0.29) is 17.9 Å². The maximum absolute atomic E-state index is 12.4. The van der Waals surface area contributed by atoms with Gasteiger partial charge in [0.15, 0.2) is 0 Å². The second kappa shape index (κ2) is 8.66. The van der Waals surface area contributed by atoms with Crippen molar-refractivity contribution in [1.29, 1.82) is 0 Å². The quantitative estimate of drug-likeness (QED) is 0.831. The monoisotopic (exact) mass is 370 g/mol. The molecule has 0 saturated carbocycles. The standard InChI is InChI=1S/C19H26N6O2/c1-14-16(12-23-24(14)2)11-22-19(27)25-9-6-15(7-10-25)18(26)21-13-17-5-3-4-8-20-17/h3-5,8,12,15H,6-7,9-11,13H2,1-2H3,(H,21,26)(H,22,27). The van der Waals surface area contributed by atoms with Crippen LogP contribution < -0.4 is 10.6 Å². The van der Waals surface area contributed by atoms with E-state index < -0.39 is 0 Å². The Kier molecular flexibility index (Phi) is 6.05. The lowest BCUT2D eigenvalue weighted by atomic mass is 9.96. The highest BCUT2D eigenvalue weighted by molar-refractivity contribution is 5.79. The van der Waals surface area contributed by atoms with Crippen LogP contribution in [0.5, 0.6) is 0 Å². The molecule has 0 spiro atoms. The van der Waals surface area contributed by atoms with Crippen LogP contribution in [0, 0.1) is 12.8 Å². The van der Waals surface area contributed by atoms with Gasteiger partial charge in [-0.05, 0) is 31.9 Å². The Bertz CT molecular complexity index is 781. The number of urea groups is 1. The number of aromatic nitrogens is 3. The minimum atomic E-state index is -0.0920. The summed E-state index contributed by atoms with van der Waals surface area (Å²) in [7, 11) is 1.88. The number of nitrogens with zero attached hydrogens (tertiary/aromatic N) is 4. The van der Waals surface area contributed by atoms with Gasteiger partial charge in [-0.1, -0.05) is 6.07 Å². The van der Waals surface area contributed by atoms with Crippen LogP contribution >= 0.6 is 0 Å². The summed E-state index contributed by atoms with van der Waals surface area (Å²) in [5, 5.41) is 10.1. The Morgan fingerprint density at radius 3 is 2.59 bits per heavy atom. The summed E-state index contributed by atoms with van der Waals surface area (Å²) in [5.74, 6) is -0.0231. The first-order chi connectivity index (χ1) is 13.0. The maximum Gasteiger partial charge on any atom is 0.317 e. The van der Waals surface area contributed by atoms with Crippen molar-refractivity contribution in [2.75, 3.05) is 13.1 Å². The van der Waals surface area contributed by atoms with E-state index in [0.717, 1.165) is 17.0 Å². The van der Waals surface area contributed by atoms with Crippen LogP contribution in [0.1, 0.15) is 29.8 Å². The average Bonchev–Trinajstić information content (AvgIpc) is 3.03. The van der Waals surface area contributed by atoms with Crippen LogP contribution in [0.2, 0.25) is 0 Å². The van der Waals surface area contributed by atoms with Gasteiger partial charge in [0.05, 0.1) is 18.4 Å². The topological polar surface area (TPSA) is 92.2 Å². The lowest BCUT2D eigenvalue weighted by Crippen LogP contribution is -2.46. The van der Waals surface area contributed by atoms with E-state index in [1.807, 2.05) is 32.2 Å². The molecule has 0 bridgehead atoms. The van der Waals surface area contributed by atoms with Crippen molar-refractivity contribution < 1.29 is 9.59 Å². The van der Waals surface area contributed by atoms with Gasteiger partial charge >= 0.3 is 6.03 Å². The summed E-state index contributed by atoms with van der Waals surface area (Å²) >= 11 is 0. The molecule has 0 radical (unpaired) electrons. The summed E-state index contributed by atoms with van der Waals surface area (Å²) < 4.78 is 1.79. The van der Waals surface area contributed by atoms with Crippen LogP contribution in [0.4, 0.5) is 4.79 Å². The normalized spacial score (nSPS) is 14.8. The summed E-state index contributed by atoms with van der Waals surface area (Å²) in [5.41, 5.74) is 2.89. The Balaban J connectivity index is 1.40. The zero-order valence-corrected chi connectivity index (χ0v) is 15.8. The van der Waals surface area contributed by atoms with Crippen molar-refractivity contribution in [3.05, 3.63) is 47.5 Å². The first kappa shape index (κ1) is 18.9. The highest BCUT2D eigenvalue weighted by Crippen LogP contribution is 2.17. The first-order valence-electron chi connectivity index (χ1n) is 9.22. The van der Waals surface area contributed by atoms with Crippen LogP contribution in [0.15, 0.2) is 30.6 Å². The maximum atomic E-state index is 12.4. The Morgan fingerprint density at radius 1 is 1.19 bits per heavy atom. The number of rotatable bonds is 5. The largest absolute Gasteiger partial charge is 0.350 e. The third-order valence-electron chi connectivity index (χ3n) is 5.09. The molecule has 2 aromatic heterocycles. The molecule has 3 heterocycles. The third-order valence-corrected chi connectivity index (χ3v) is 5.09. The van der Waals surface area contributed by atoms with Crippen LogP contribution in [0.25, 0.3) is 0 Å². The molecule has 3 amide bonds. The zero-order chi connectivity index (χ0) is 19.2. The van der Waals surface area contributed by atoms with Gasteiger partial charge in [0, 0.05) is 50.1 Å². The molecule has 2 aromatic rings. The lowest BCUT2D eigenvalue weighted by molar-refractivity contribution is -0.126. The van der Waals surface area contributed by atoms with Crippen molar-refractivity contribution in [1.82, 2.24) is 30.3 Å². The van der Waals surface area contributed by atoms with Crippen LogP contribution in [0.3, 0.4) is 0 Å². The third kappa shape index (κ3) is 4.84. The van der Waals surface area contributed by atoms with Crippen molar-refractivity contribution >= 4 is 11.9 Å². The summed E-state index contributed by atoms with van der Waals surface area (Å²) in [4.78, 5) is 30.7. The summed E-state index contributed by atoms with van der Waals surface area (Å²) in [6.45, 7) is 4.04. The number of aryl methyl sites for hydroxylation is 1. The summed E-state index contributed by atoms with van der Waals surface area (Å²) in [6.07, 6.45) is 4.83. The van der Waals surface area contributed by atoms with E-state index in [1.54, 1.807) is 22.0 Å². The minimum Gasteiger partial charge on any atom is -0.350 e. The number of likely N-dealkylation sites (tertiary alicyclic amines) is 1. The highest BCUT2D eigenvalue weighted by atomic mass is 16.2. The number of nitrogens with one attached hydrogen (secondary N) is 2. The van der Waals surface area contributed by atoms with Crippen molar-refractivity contribution in [3.8, 4) is 0 Å². The van der Waals surface area contributed by atoms with Crippen LogP contribution in [-0.4, -0.2) is 44.7 Å². The van der Waals surface area contributed by atoms with Crippen molar-refractivity contribution in [2.45, 2.75) is 32.9 Å². The molecule has 0 aromatic carbocycles. The Hall–Kier alpha value is -2.90. The second-order valence-electron chi connectivity index (χ2n) is 6.84. The molecule has 0 unspecified atom stereocenters. The molecule has 144 valence electrons. The number of amides is 3. The Labute approximate surface area is 159 Å². The fourth-order valence-corrected chi connectivity index (χ4v) is 3.17. The number of pyridine rings is 1. The van der Waals surface area contributed by atoms with Gasteiger partial charge in [-0.2, -0.15) is 5.10 Å². The minimum absolute atomic E-state index is 0.0340. The zero-order valence-electron chi connectivity index (χ0n) is 15.8. The molecule has 2 N–H and O–H groups in total. The van der Waals surface area contributed by atoms with E-state index in [9.17, 15) is 9.59 Å². The molecule has 8 nitrogen and oxygen atoms in total. The molecule has 1 saturated heterocycles. The van der Waals surface area contributed by atoms with Gasteiger partial charge in [0.1, 0.15) is 0 Å². The fraction of sp³-hybridized carbons (Fsp3) is 0.474. The van der Waals surface area contributed by atoms with Gasteiger partial charge in [0.2, 0.25) is 5.91 Å². The van der Waals surface area contributed by atoms with E-state index in [4.69, 9.17) is 0 Å². The number of carbonyl (C=O) groups is 2. The second-order valence-corrected chi connectivity index (χ2v) is 6.84. The molecular weight excluding hydrogens is 344 g/mol. The predicted octanol–water partition coefficient (Wildman–Crippen LogP) is 1.36. The van der Waals surface area contributed by atoms with Gasteiger partial charge in [0.25, 0.3) is 0 Å². The van der Waals surface area contributed by atoms with E-state index in [2.05, 4.69) is 20.7 Å². The number of piperidine rings is 1. The van der Waals surface area contributed by atoms with E-state index in [1.165, 1.54) is 0 Å². The van der Waals surface area contributed by atoms with Gasteiger partial charge in [-0.3, -0.25) is 14.5 Å². The Morgan fingerprint density at radius 2 is 1.96 bits per heavy atom. The fourth-order valence-electron chi connectivity index (χ4n) is 3.17. The molecule has 1 fully saturated rings. The van der Waals surface area contributed by atoms with Gasteiger partial charge in [-0.25, -0.2) is 4.79 Å². The molecule has 0 atom stereocenters. The molecule has 3 rings (SSSR count). The smallest absolute Gasteiger partial charge is 0.317 e. The first-order valence-corrected chi connectivity index (χ1v) is 9.22. The molecular formula is C19H26N6O2. The molecule has 1 aliphatic heterocycles. The van der Waals surface area contributed by atoms with Gasteiger partial charge < -0.3 is 15.5 Å². The average molecular weight is 370 g/mol. The number of carbonyl (C=O) groups excluding carboxylic acids is 2.